The van der Waals surface area contributed by atoms with E-state index in [4.69, 9.17) is 13.6 Å². The first kappa shape index (κ1) is 17.7. The molecule has 2 heterocycles. The molecule has 0 atom stereocenters. The van der Waals surface area contributed by atoms with Crippen LogP contribution in [0.25, 0.3) is 21.9 Å². The second-order valence-electron chi connectivity index (χ2n) is 7.45. The third-order valence-electron chi connectivity index (χ3n) is 5.64. The molecule has 1 aliphatic rings. The molecule has 29 heavy (non-hydrogen) atoms. The molecule has 0 aliphatic heterocycles. The van der Waals surface area contributed by atoms with Crippen LogP contribution in [0, 0.1) is 0 Å². The van der Waals surface area contributed by atoms with Gasteiger partial charge in [0.2, 0.25) is 0 Å². The van der Waals surface area contributed by atoms with Gasteiger partial charge < -0.3 is 13.6 Å². The first-order valence-electron chi connectivity index (χ1n) is 9.90. The molecule has 2 aromatic carbocycles. The van der Waals surface area contributed by atoms with Gasteiger partial charge in [-0.05, 0) is 55.0 Å². The lowest BCUT2D eigenvalue weighted by atomic mass is 10.1. The Bertz CT molecular complexity index is 1310. The van der Waals surface area contributed by atoms with Gasteiger partial charge in [-0.1, -0.05) is 19.1 Å². The number of aryl methyl sites for hydroxylation is 2. The van der Waals surface area contributed by atoms with Crippen molar-refractivity contribution in [3.05, 3.63) is 75.3 Å². The normalized spacial score (nSPS) is 13.1. The summed E-state index contributed by atoms with van der Waals surface area (Å²) in [6.07, 6.45) is 5.25. The Kier molecular flexibility index (Phi) is 4.23. The Hall–Kier alpha value is -3.34. The van der Waals surface area contributed by atoms with E-state index in [1.807, 2.05) is 24.3 Å². The zero-order chi connectivity index (χ0) is 20.0. The zero-order valence-corrected chi connectivity index (χ0v) is 16.1. The van der Waals surface area contributed by atoms with Gasteiger partial charge in [0, 0.05) is 28.0 Å². The third-order valence-corrected chi connectivity index (χ3v) is 5.64. The fourth-order valence-corrected chi connectivity index (χ4v) is 4.14. The predicted octanol–water partition coefficient (Wildman–Crippen LogP) is 4.74. The van der Waals surface area contributed by atoms with Crippen molar-refractivity contribution >= 4 is 27.9 Å². The summed E-state index contributed by atoms with van der Waals surface area (Å²) < 4.78 is 16.6. The van der Waals surface area contributed by atoms with Crippen LogP contribution in [0.5, 0.6) is 5.75 Å². The molecule has 0 saturated heterocycles. The monoisotopic (exact) mass is 388 g/mol. The topological polar surface area (TPSA) is 69.7 Å². The quantitative estimate of drug-likeness (QED) is 0.287. The number of esters is 1. The number of furan rings is 1. The maximum Gasteiger partial charge on any atom is 0.339 e. The van der Waals surface area contributed by atoms with Crippen LogP contribution in [0.15, 0.2) is 56.3 Å². The summed E-state index contributed by atoms with van der Waals surface area (Å²) in [5.74, 6) is -0.0280. The zero-order valence-electron chi connectivity index (χ0n) is 16.1. The molecule has 5 heteroatoms. The van der Waals surface area contributed by atoms with E-state index in [0.29, 0.717) is 11.3 Å². The molecule has 4 aromatic rings. The largest absolute Gasteiger partial charge is 0.464 e. The molecular formula is C24H20O5. The van der Waals surface area contributed by atoms with Crippen molar-refractivity contribution in [3.63, 3.8) is 0 Å². The summed E-state index contributed by atoms with van der Waals surface area (Å²) in [6, 6.07) is 11.2. The van der Waals surface area contributed by atoms with E-state index in [1.165, 1.54) is 5.56 Å². The van der Waals surface area contributed by atoms with Gasteiger partial charge in [-0.2, -0.15) is 0 Å². The van der Waals surface area contributed by atoms with Crippen molar-refractivity contribution in [3.8, 4) is 5.75 Å². The lowest BCUT2D eigenvalue weighted by molar-refractivity contribution is -0.133. The Balaban J connectivity index is 1.39. The lowest BCUT2D eigenvalue weighted by Crippen LogP contribution is -2.11. The minimum atomic E-state index is -0.393. The molecule has 5 rings (SSSR count). The molecule has 0 unspecified atom stereocenters. The van der Waals surface area contributed by atoms with Crippen LogP contribution < -0.4 is 10.4 Å². The molecule has 0 radical (unpaired) electrons. The molecule has 0 amide bonds. The molecule has 0 N–H and O–H groups in total. The van der Waals surface area contributed by atoms with Crippen LogP contribution in [-0.2, 0) is 30.5 Å². The summed E-state index contributed by atoms with van der Waals surface area (Å²) in [4.78, 5) is 24.6. The fourth-order valence-electron chi connectivity index (χ4n) is 4.14. The van der Waals surface area contributed by atoms with Gasteiger partial charge in [-0.3, -0.25) is 4.79 Å². The van der Waals surface area contributed by atoms with Crippen LogP contribution in [0.2, 0.25) is 0 Å². The van der Waals surface area contributed by atoms with Crippen molar-refractivity contribution < 1.29 is 18.4 Å². The van der Waals surface area contributed by atoms with Crippen LogP contribution in [-0.4, -0.2) is 5.97 Å². The lowest BCUT2D eigenvalue weighted by Gasteiger charge is -2.07. The highest BCUT2D eigenvalue weighted by Gasteiger charge is 2.20. The standard InChI is InChI=1S/C24H20O5/c1-2-14-6-8-17-15(13-27-21(17)10-14)11-23(25)28-16-7-9-19-18-4-3-5-20(18)24(26)29-22(19)12-16/h6-10,12-13H,2-5,11H2,1H3. The Morgan fingerprint density at radius 1 is 1.03 bits per heavy atom. The van der Waals surface area contributed by atoms with Crippen molar-refractivity contribution in [2.75, 3.05) is 0 Å². The second kappa shape index (κ2) is 6.92. The Morgan fingerprint density at radius 2 is 1.86 bits per heavy atom. The maximum absolute atomic E-state index is 12.5. The molecule has 2 aromatic heterocycles. The smallest absolute Gasteiger partial charge is 0.339 e. The summed E-state index contributed by atoms with van der Waals surface area (Å²) in [7, 11) is 0. The van der Waals surface area contributed by atoms with Gasteiger partial charge in [0.05, 0.1) is 12.7 Å². The van der Waals surface area contributed by atoms with Crippen molar-refractivity contribution in [2.24, 2.45) is 0 Å². The highest BCUT2D eigenvalue weighted by molar-refractivity contribution is 5.88. The summed E-state index contributed by atoms with van der Waals surface area (Å²) >= 11 is 0. The van der Waals surface area contributed by atoms with Crippen molar-refractivity contribution in [1.82, 2.24) is 0 Å². The van der Waals surface area contributed by atoms with Gasteiger partial charge in [0.25, 0.3) is 0 Å². The number of carbonyl (C=O) groups excluding carboxylic acids is 1. The van der Waals surface area contributed by atoms with E-state index in [2.05, 4.69) is 6.92 Å². The molecular weight excluding hydrogens is 368 g/mol. The number of benzene rings is 2. The van der Waals surface area contributed by atoms with Crippen LogP contribution in [0.4, 0.5) is 0 Å². The summed E-state index contributed by atoms with van der Waals surface area (Å²) in [5, 5.41) is 1.84. The highest BCUT2D eigenvalue weighted by atomic mass is 16.5. The molecule has 146 valence electrons. The number of carbonyl (C=O) groups is 1. The van der Waals surface area contributed by atoms with E-state index in [1.54, 1.807) is 18.4 Å². The first-order chi connectivity index (χ1) is 14.1. The van der Waals surface area contributed by atoms with Gasteiger partial charge in [0.15, 0.2) is 0 Å². The van der Waals surface area contributed by atoms with Crippen molar-refractivity contribution in [2.45, 2.75) is 39.0 Å². The number of hydrogen-bond donors (Lipinski definition) is 0. The van der Waals surface area contributed by atoms with Crippen LogP contribution in [0.3, 0.4) is 0 Å². The molecule has 1 aliphatic carbocycles. The average molecular weight is 388 g/mol. The molecule has 5 nitrogen and oxygen atoms in total. The highest BCUT2D eigenvalue weighted by Crippen LogP contribution is 2.30. The van der Waals surface area contributed by atoms with Gasteiger partial charge in [0.1, 0.15) is 16.9 Å². The number of ether oxygens (including phenoxy) is 1. The van der Waals surface area contributed by atoms with Crippen LogP contribution >= 0.6 is 0 Å². The number of fused-ring (bicyclic) bond motifs is 4. The molecule has 0 bridgehead atoms. The van der Waals surface area contributed by atoms with Gasteiger partial charge >= 0.3 is 11.6 Å². The summed E-state index contributed by atoms with van der Waals surface area (Å²) in [5.41, 5.74) is 4.76. The van der Waals surface area contributed by atoms with Gasteiger partial charge in [-0.15, -0.1) is 0 Å². The average Bonchev–Trinajstić information content (AvgIpc) is 3.35. The number of rotatable bonds is 4. The van der Waals surface area contributed by atoms with E-state index >= 15 is 0 Å². The fraction of sp³-hybridized carbons (Fsp3) is 0.250. The van der Waals surface area contributed by atoms with E-state index in [0.717, 1.165) is 58.7 Å². The second-order valence-corrected chi connectivity index (χ2v) is 7.45. The van der Waals surface area contributed by atoms with E-state index in [-0.39, 0.29) is 12.0 Å². The van der Waals surface area contributed by atoms with Crippen molar-refractivity contribution in [1.29, 1.82) is 0 Å². The third kappa shape index (κ3) is 3.12. The van der Waals surface area contributed by atoms with E-state index in [9.17, 15) is 9.59 Å². The molecule has 0 fully saturated rings. The van der Waals surface area contributed by atoms with Gasteiger partial charge in [-0.25, -0.2) is 4.79 Å². The molecule has 0 saturated carbocycles. The number of hydrogen-bond acceptors (Lipinski definition) is 5. The molecule has 0 spiro atoms. The first-order valence-corrected chi connectivity index (χ1v) is 9.90. The van der Waals surface area contributed by atoms with E-state index < -0.39 is 5.97 Å². The summed E-state index contributed by atoms with van der Waals surface area (Å²) in [6.45, 7) is 2.09. The van der Waals surface area contributed by atoms with Crippen LogP contribution in [0.1, 0.15) is 35.6 Å². The Morgan fingerprint density at radius 3 is 2.72 bits per heavy atom. The minimum Gasteiger partial charge on any atom is -0.464 e. The Labute approximate surface area is 166 Å². The minimum absolute atomic E-state index is 0.102. The maximum atomic E-state index is 12.5. The predicted molar refractivity (Wildman–Crippen MR) is 109 cm³/mol. The SMILES string of the molecule is CCc1ccc2c(CC(=O)Oc3ccc4c5c(c(=O)oc4c3)CCC5)coc2c1.